The Morgan fingerprint density at radius 2 is 0.908 bits per heavy atom. The first kappa shape index (κ1) is 45.6. The Morgan fingerprint density at radius 1 is 0.474 bits per heavy atom. The second-order valence-corrected chi connectivity index (χ2v) is 19.5. The molecule has 0 spiro atoms. The summed E-state index contributed by atoms with van der Waals surface area (Å²) in [6, 6.07) is 59.1. The van der Waals surface area contributed by atoms with E-state index in [1.807, 2.05) is 67.6 Å². The van der Waals surface area contributed by atoms with Gasteiger partial charge in [-0.25, -0.2) is 9.97 Å². The summed E-state index contributed by atoms with van der Waals surface area (Å²) in [5.74, 6) is -0.475. The zero-order valence-corrected chi connectivity index (χ0v) is 40.9. The number of hydrogen-bond acceptors (Lipinski definition) is 9. The highest BCUT2D eigenvalue weighted by Crippen LogP contribution is 2.41. The first-order valence-corrected chi connectivity index (χ1v) is 25.4. The number of fused-ring (bicyclic) bond motifs is 11. The molecule has 0 amide bonds. The van der Waals surface area contributed by atoms with E-state index >= 15 is 0 Å². The van der Waals surface area contributed by atoms with E-state index in [4.69, 9.17) is 28.8 Å². The topological polar surface area (TPSA) is 149 Å². The molecule has 5 atom stereocenters. The van der Waals surface area contributed by atoms with E-state index < -0.39 is 37.8 Å². The zero-order valence-electron chi connectivity index (χ0n) is 40.9. The number of carbonyl (C=O) groups excluding carboxylic acids is 2. The number of carbonyl (C=O) groups is 2. The van der Waals surface area contributed by atoms with Crippen LogP contribution in [0.3, 0.4) is 0 Å². The molecule has 8 bridgehead atoms. The fourth-order valence-electron chi connectivity index (χ4n) is 11.3. The molecule has 366 valence electrons. The Hall–Kier alpha value is -9.04. The summed E-state index contributed by atoms with van der Waals surface area (Å²) in [4.78, 5) is 45.9. The average molecular weight is 993 g/mol. The highest BCUT2D eigenvalue weighted by Gasteiger charge is 2.54. The molecule has 4 aliphatic heterocycles. The van der Waals surface area contributed by atoms with Gasteiger partial charge < -0.3 is 33.9 Å². The van der Waals surface area contributed by atoms with E-state index in [0.717, 1.165) is 89.4 Å². The predicted octanol–water partition coefficient (Wildman–Crippen LogP) is 11.8. The van der Waals surface area contributed by atoms with Gasteiger partial charge in [-0.05, 0) is 89.3 Å². The number of aromatic nitrogens is 4. The Bertz CT molecular complexity index is 4040. The molecule has 1 aliphatic carbocycles. The van der Waals surface area contributed by atoms with Gasteiger partial charge in [-0.15, -0.1) is 0 Å². The van der Waals surface area contributed by atoms with Gasteiger partial charge in [0.15, 0.2) is 11.6 Å². The van der Waals surface area contributed by atoms with Crippen LogP contribution in [0, 0.1) is 0 Å². The van der Waals surface area contributed by atoms with Crippen molar-refractivity contribution in [1.82, 2.24) is 19.9 Å². The normalized spacial score (nSPS) is 19.3. The molecular weight excluding hydrogens is 948 g/mol. The number of ketones is 2. The lowest BCUT2D eigenvalue weighted by molar-refractivity contribution is -0.244. The van der Waals surface area contributed by atoms with Gasteiger partial charge in [0, 0.05) is 61.0 Å². The Balaban J connectivity index is 0.886. The number of hydrogen-bond donors (Lipinski definition) is 3. The molecule has 3 aromatic heterocycles. The number of H-pyrrole nitrogens is 2. The molecule has 5 aliphatic rings. The molecule has 11 nitrogen and oxygen atoms in total. The molecule has 14 rings (SSSR count). The summed E-state index contributed by atoms with van der Waals surface area (Å²) < 4.78 is 25.9. The zero-order chi connectivity index (χ0) is 51.0. The van der Waals surface area contributed by atoms with Gasteiger partial charge in [0.05, 0.1) is 40.5 Å². The number of nitrogens with one attached hydrogen (secondary N) is 2. The van der Waals surface area contributed by atoms with Crippen LogP contribution in [0.25, 0.3) is 90.9 Å². The van der Waals surface area contributed by atoms with Crippen molar-refractivity contribution in [2.45, 2.75) is 37.6 Å². The minimum Gasteiger partial charge on any atom is -0.461 e. The van der Waals surface area contributed by atoms with Crippen molar-refractivity contribution in [3.8, 4) is 50.3 Å². The second kappa shape index (κ2) is 18.4. The number of benzene rings is 6. The Labute approximate surface area is 437 Å². The van der Waals surface area contributed by atoms with Gasteiger partial charge >= 0.3 is 7.12 Å². The molecule has 6 aromatic carbocycles. The van der Waals surface area contributed by atoms with E-state index in [1.165, 1.54) is 0 Å². The van der Waals surface area contributed by atoms with Gasteiger partial charge in [-0.1, -0.05) is 152 Å². The highest BCUT2D eigenvalue weighted by atomic mass is 16.7. The molecule has 12 heteroatoms. The summed E-state index contributed by atoms with van der Waals surface area (Å²) in [7, 11) is -0.892. The largest absolute Gasteiger partial charge is 0.494 e. The number of rotatable bonds is 7. The van der Waals surface area contributed by atoms with Crippen molar-refractivity contribution in [2.75, 3.05) is 0 Å². The van der Waals surface area contributed by atoms with E-state index in [0.29, 0.717) is 16.6 Å². The number of aliphatic hydroxyl groups excluding tert-OH is 1. The second-order valence-electron chi connectivity index (χ2n) is 19.5. The number of aliphatic hydroxyl groups is 1. The van der Waals surface area contributed by atoms with E-state index in [1.54, 1.807) is 42.5 Å². The molecule has 0 saturated carbocycles. The van der Waals surface area contributed by atoms with Gasteiger partial charge in [-0.2, -0.15) is 0 Å². The molecule has 2 saturated heterocycles. The van der Waals surface area contributed by atoms with E-state index in [9.17, 15) is 14.7 Å². The number of aromatic amines is 2. The van der Waals surface area contributed by atoms with Crippen molar-refractivity contribution < 1.29 is 33.5 Å². The molecule has 3 N–H and O–H groups in total. The van der Waals surface area contributed by atoms with Crippen LogP contribution in [-0.4, -0.2) is 74.4 Å². The summed E-state index contributed by atoms with van der Waals surface area (Å²) >= 11 is 0. The van der Waals surface area contributed by atoms with Crippen LogP contribution in [0.1, 0.15) is 61.5 Å². The summed E-state index contributed by atoms with van der Waals surface area (Å²) in [5, 5.41) is 11.9. The molecule has 76 heavy (non-hydrogen) atoms. The number of ether oxygens (including phenoxy) is 2. The third kappa shape index (κ3) is 7.69. The van der Waals surface area contributed by atoms with Crippen LogP contribution >= 0.6 is 0 Å². The summed E-state index contributed by atoms with van der Waals surface area (Å²) in [5.41, 5.74) is 16.0. The third-order valence-corrected chi connectivity index (χ3v) is 14.9. The lowest BCUT2D eigenvalue weighted by Crippen LogP contribution is -2.57. The van der Waals surface area contributed by atoms with Crippen molar-refractivity contribution >= 4 is 70.5 Å². The van der Waals surface area contributed by atoms with Crippen molar-refractivity contribution in [2.24, 2.45) is 0 Å². The Kier molecular flexibility index (Phi) is 11.0. The van der Waals surface area contributed by atoms with Crippen LogP contribution in [0.15, 0.2) is 182 Å². The van der Waals surface area contributed by atoms with Crippen molar-refractivity contribution in [1.29, 1.82) is 0 Å². The van der Waals surface area contributed by atoms with Crippen LogP contribution in [0.4, 0.5) is 0 Å². The molecule has 0 unspecified atom stereocenters. The molecule has 2 fully saturated rings. The van der Waals surface area contributed by atoms with Crippen LogP contribution in [-0.2, 0) is 14.0 Å². The number of nitrogens with zero attached hydrogens (tertiary/aromatic N) is 2. The maximum absolute atomic E-state index is 13.8. The van der Waals surface area contributed by atoms with Crippen molar-refractivity contribution in [3.05, 3.63) is 227 Å². The van der Waals surface area contributed by atoms with E-state index in [-0.39, 0.29) is 28.4 Å². The Morgan fingerprint density at radius 3 is 1.43 bits per heavy atom. The first-order valence-electron chi connectivity index (χ1n) is 25.4. The quantitative estimate of drug-likeness (QED) is 0.133. The van der Waals surface area contributed by atoms with Crippen LogP contribution in [0.5, 0.6) is 5.75 Å². The fourth-order valence-corrected chi connectivity index (χ4v) is 11.3. The van der Waals surface area contributed by atoms with Crippen LogP contribution < -0.4 is 10.2 Å². The molecule has 0 radical (unpaired) electrons. The minimum atomic E-state index is -1.32. The molecular formula is C64H45BN4O7. The summed E-state index contributed by atoms with van der Waals surface area (Å²) in [6.07, 6.45) is 3.65. The SMILES string of the molecule is C[C@@H]1O[C@H](Oc2cccc3c2C(=O)c2ccccc2C3=O)[C@@H](O)[C@@H]2OB(c3cccc(-c4c5nc(c(-c6ccccc6)c6ccc([nH]6)c(-c6ccccc6)c6nc(c(-c7ccccc7)c7ccc4[nH]7)C=C6)C=C5)c3)O[C@@H]21. The smallest absolute Gasteiger partial charge is 0.461 e. The fraction of sp³-hybridized carbons (Fsp3) is 0.0938. The predicted molar refractivity (Wildman–Crippen MR) is 296 cm³/mol. The van der Waals surface area contributed by atoms with Crippen LogP contribution in [0.2, 0.25) is 0 Å². The maximum atomic E-state index is 13.8. The maximum Gasteiger partial charge on any atom is 0.494 e. The minimum absolute atomic E-state index is 0.131. The summed E-state index contributed by atoms with van der Waals surface area (Å²) in [6.45, 7) is 1.84. The standard InChI is InChI=1S/C64H45BN4O7/c1-36-62-63(61(72)64(73-36)74-53-26-14-25-44-58(53)60(71)43-24-12-11-23-42(43)59(44)70)76-65(75-62)41-22-13-21-40(35-41)57-51-33-31-49(68-51)55(38-17-7-3-8-18-38)47-29-27-45(66-47)54(37-15-5-2-6-16-37)46-28-30-48(67-46)56(39-19-9-4-10-20-39)50-32-34-52(57)69-50/h2-36,61-64,66,69,72H,1H3/t36-,61-,62+,63-,64+/m0/s1. The molecule has 7 heterocycles. The average Bonchev–Trinajstić information content (AvgIpc) is 4.35. The highest BCUT2D eigenvalue weighted by molar-refractivity contribution is 6.62. The van der Waals surface area contributed by atoms with Crippen molar-refractivity contribution in [3.63, 3.8) is 0 Å². The third-order valence-electron chi connectivity index (χ3n) is 14.9. The monoisotopic (exact) mass is 992 g/mol. The lowest BCUT2D eigenvalue weighted by Gasteiger charge is -2.39. The lowest BCUT2D eigenvalue weighted by atomic mass is 9.78. The van der Waals surface area contributed by atoms with E-state index in [2.05, 4.69) is 113 Å². The first-order chi connectivity index (χ1) is 37.3. The van der Waals surface area contributed by atoms with Gasteiger partial charge in [0.1, 0.15) is 18.0 Å². The van der Waals surface area contributed by atoms with Gasteiger partial charge in [0.25, 0.3) is 0 Å². The molecule has 9 aromatic rings. The van der Waals surface area contributed by atoms with Gasteiger partial charge in [0.2, 0.25) is 6.29 Å². The van der Waals surface area contributed by atoms with Gasteiger partial charge in [-0.3, -0.25) is 9.59 Å².